The number of amides is 1. The number of benzene rings is 1. The van der Waals surface area contributed by atoms with Gasteiger partial charge in [0.2, 0.25) is 21.7 Å². The number of unbranched alkanes of at least 4 members (excludes halogenated alkanes) is 3. The summed E-state index contributed by atoms with van der Waals surface area (Å²) in [5, 5.41) is 32.4. The zero-order valence-electron chi connectivity index (χ0n) is 19.9. The molecule has 1 aromatic heterocycles. The van der Waals surface area contributed by atoms with Gasteiger partial charge in [-0.3, -0.25) is 14.3 Å². The van der Waals surface area contributed by atoms with Crippen molar-refractivity contribution in [3.8, 4) is 0 Å². The van der Waals surface area contributed by atoms with Gasteiger partial charge in [0.15, 0.2) is 0 Å². The highest BCUT2D eigenvalue weighted by Gasteiger charge is 2.41. The van der Waals surface area contributed by atoms with Gasteiger partial charge >= 0.3 is 0 Å². The molecule has 8 nitrogen and oxygen atoms in total. The number of carbonyl (C=O) groups is 2. The molecule has 0 spiro atoms. The molecular formula is C25H35NO7S2. The zero-order valence-corrected chi connectivity index (χ0v) is 21.6. The van der Waals surface area contributed by atoms with Gasteiger partial charge < -0.3 is 15.3 Å². The van der Waals surface area contributed by atoms with Gasteiger partial charge in [-0.2, -0.15) is 0 Å². The maximum Gasteiger partial charge on any atom is 0.233 e. The van der Waals surface area contributed by atoms with E-state index >= 15 is 0 Å². The van der Waals surface area contributed by atoms with Gasteiger partial charge in [0.1, 0.15) is 6.10 Å². The maximum atomic E-state index is 12.7. The Labute approximate surface area is 210 Å². The van der Waals surface area contributed by atoms with Gasteiger partial charge in [-0.05, 0) is 61.5 Å². The van der Waals surface area contributed by atoms with Crippen LogP contribution < -0.4 is 4.72 Å². The van der Waals surface area contributed by atoms with Crippen molar-refractivity contribution in [1.82, 2.24) is 4.72 Å². The van der Waals surface area contributed by atoms with Crippen LogP contribution in [0.5, 0.6) is 0 Å². The molecule has 1 unspecified atom stereocenters. The molecule has 1 amide bonds. The molecule has 1 heterocycles. The SMILES string of the molecule is CS(=O)(=O)NC(=O)CCCCCC[C@@H]1[C@@H](CCC(O)C(=O)c2cc3ccccc3s2)[C@H](O)C[C@@H]1O. The lowest BCUT2D eigenvalue weighted by atomic mass is 9.84. The van der Waals surface area contributed by atoms with Crippen LogP contribution in [0.1, 0.15) is 67.5 Å². The standard InChI is InChI=1S/C25H35NO7S2/c1-35(32,33)26-24(30)11-5-3-2-4-9-17-18(21(29)15-20(17)28)12-13-19(27)25(31)23-14-16-8-6-7-10-22(16)34-23/h6-8,10,14,17-21,27-29H,2-5,9,11-13,15H2,1H3,(H,26,30)/t17-,18-,19?,20+,21-/m1/s1. The third-order valence-corrected chi connectivity index (χ3v) is 8.49. The fourth-order valence-electron chi connectivity index (χ4n) is 5.01. The molecule has 0 radical (unpaired) electrons. The van der Waals surface area contributed by atoms with Crippen molar-refractivity contribution in [2.24, 2.45) is 11.8 Å². The zero-order chi connectivity index (χ0) is 25.6. The van der Waals surface area contributed by atoms with E-state index in [-0.39, 0.29) is 30.5 Å². The fourth-order valence-corrected chi connectivity index (χ4v) is 6.57. The van der Waals surface area contributed by atoms with Crippen molar-refractivity contribution in [1.29, 1.82) is 0 Å². The quantitative estimate of drug-likeness (QED) is 0.233. The number of hydrogen-bond donors (Lipinski definition) is 4. The van der Waals surface area contributed by atoms with Crippen LogP contribution >= 0.6 is 11.3 Å². The average molecular weight is 526 g/mol. The van der Waals surface area contributed by atoms with Crippen molar-refractivity contribution < 1.29 is 33.3 Å². The molecule has 1 aliphatic rings. The third-order valence-electron chi connectivity index (χ3n) is 6.76. The number of thiophene rings is 1. The van der Waals surface area contributed by atoms with E-state index in [0.29, 0.717) is 30.6 Å². The van der Waals surface area contributed by atoms with Crippen molar-refractivity contribution in [2.75, 3.05) is 6.26 Å². The first-order chi connectivity index (χ1) is 16.5. The summed E-state index contributed by atoms with van der Waals surface area (Å²) in [5.74, 6) is -1.11. The van der Waals surface area contributed by atoms with Crippen LogP contribution in [0.4, 0.5) is 0 Å². The number of carbonyl (C=O) groups excluding carboxylic acids is 2. The van der Waals surface area contributed by atoms with Crippen LogP contribution in [0.15, 0.2) is 30.3 Å². The van der Waals surface area contributed by atoms with Gasteiger partial charge in [-0.25, -0.2) is 8.42 Å². The molecule has 1 saturated carbocycles. The van der Waals surface area contributed by atoms with Crippen molar-refractivity contribution in [3.63, 3.8) is 0 Å². The Balaban J connectivity index is 1.43. The van der Waals surface area contributed by atoms with Crippen molar-refractivity contribution in [3.05, 3.63) is 35.2 Å². The van der Waals surface area contributed by atoms with E-state index in [4.69, 9.17) is 0 Å². The summed E-state index contributed by atoms with van der Waals surface area (Å²) < 4.78 is 25.0. The summed E-state index contributed by atoms with van der Waals surface area (Å²) in [6, 6.07) is 9.48. The van der Waals surface area contributed by atoms with E-state index in [1.54, 1.807) is 6.07 Å². The van der Waals surface area contributed by atoms with Crippen molar-refractivity contribution in [2.45, 2.75) is 76.1 Å². The molecule has 3 rings (SSSR count). The van der Waals surface area contributed by atoms with Gasteiger partial charge in [0.25, 0.3) is 0 Å². The van der Waals surface area contributed by atoms with E-state index in [2.05, 4.69) is 0 Å². The van der Waals surface area contributed by atoms with Crippen LogP contribution in [-0.2, 0) is 14.8 Å². The molecular weight excluding hydrogens is 490 g/mol. The second-order valence-corrected chi connectivity index (χ2v) is 12.4. The summed E-state index contributed by atoms with van der Waals surface area (Å²) in [4.78, 5) is 24.8. The second kappa shape index (κ2) is 12.4. The summed E-state index contributed by atoms with van der Waals surface area (Å²) in [6.45, 7) is 0. The van der Waals surface area contributed by atoms with Crippen LogP contribution in [0.2, 0.25) is 0 Å². The van der Waals surface area contributed by atoms with E-state index in [9.17, 15) is 33.3 Å². The molecule has 35 heavy (non-hydrogen) atoms. The number of fused-ring (bicyclic) bond motifs is 1. The third kappa shape index (κ3) is 8.08. The second-order valence-electron chi connectivity index (χ2n) is 9.55. The lowest BCUT2D eigenvalue weighted by molar-refractivity contribution is -0.119. The Bertz CT molecular complexity index is 1080. The molecule has 2 aromatic rings. The molecule has 0 aliphatic heterocycles. The predicted molar refractivity (Wildman–Crippen MR) is 136 cm³/mol. The first kappa shape index (κ1) is 27.7. The molecule has 1 aliphatic carbocycles. The molecule has 1 aromatic carbocycles. The highest BCUT2D eigenvalue weighted by Crippen LogP contribution is 2.39. The fraction of sp³-hybridized carbons (Fsp3) is 0.600. The number of aliphatic hydroxyl groups is 3. The monoisotopic (exact) mass is 525 g/mol. The molecule has 194 valence electrons. The minimum absolute atomic E-state index is 0.106. The highest BCUT2D eigenvalue weighted by atomic mass is 32.2. The number of Topliss-reactive ketones (excluding diaryl/α,β-unsaturated/α-hetero) is 1. The lowest BCUT2D eigenvalue weighted by Gasteiger charge is -2.24. The summed E-state index contributed by atoms with van der Waals surface area (Å²) >= 11 is 1.36. The molecule has 5 atom stereocenters. The minimum Gasteiger partial charge on any atom is -0.393 e. The minimum atomic E-state index is -3.53. The molecule has 0 bridgehead atoms. The van der Waals surface area contributed by atoms with Gasteiger partial charge in [0, 0.05) is 11.1 Å². The van der Waals surface area contributed by atoms with Crippen LogP contribution in [0.3, 0.4) is 0 Å². The number of ketones is 1. The maximum absolute atomic E-state index is 12.7. The van der Waals surface area contributed by atoms with Crippen LogP contribution in [0, 0.1) is 11.8 Å². The average Bonchev–Trinajstić information content (AvgIpc) is 3.33. The Hall–Kier alpha value is -1.85. The predicted octanol–water partition coefficient (Wildman–Crippen LogP) is 3.00. The largest absolute Gasteiger partial charge is 0.393 e. The Morgan fingerprint density at radius 1 is 1.06 bits per heavy atom. The molecule has 10 heteroatoms. The first-order valence-electron chi connectivity index (χ1n) is 12.1. The van der Waals surface area contributed by atoms with E-state index in [1.807, 2.05) is 29.0 Å². The summed E-state index contributed by atoms with van der Waals surface area (Å²) in [5.41, 5.74) is 0. The number of sulfonamides is 1. The Morgan fingerprint density at radius 2 is 1.71 bits per heavy atom. The normalized spacial score (nSPS) is 23.4. The summed E-state index contributed by atoms with van der Waals surface area (Å²) in [6.07, 6.45) is 3.31. The first-order valence-corrected chi connectivity index (χ1v) is 14.8. The highest BCUT2D eigenvalue weighted by molar-refractivity contribution is 7.89. The number of hydrogen-bond acceptors (Lipinski definition) is 8. The number of aliphatic hydroxyl groups excluding tert-OH is 3. The number of rotatable bonds is 13. The Morgan fingerprint density at radius 3 is 2.40 bits per heavy atom. The smallest absolute Gasteiger partial charge is 0.233 e. The lowest BCUT2D eigenvalue weighted by Crippen LogP contribution is -2.28. The van der Waals surface area contributed by atoms with E-state index in [1.165, 1.54) is 11.3 Å². The molecule has 0 saturated heterocycles. The molecule has 4 N–H and O–H groups in total. The van der Waals surface area contributed by atoms with Crippen molar-refractivity contribution >= 4 is 43.1 Å². The van der Waals surface area contributed by atoms with Gasteiger partial charge in [-0.1, -0.05) is 37.5 Å². The van der Waals surface area contributed by atoms with Crippen LogP contribution in [-0.4, -0.2) is 60.0 Å². The van der Waals surface area contributed by atoms with Crippen LogP contribution in [0.25, 0.3) is 10.1 Å². The van der Waals surface area contributed by atoms with E-state index in [0.717, 1.165) is 35.6 Å². The number of nitrogens with one attached hydrogen (secondary N) is 1. The van der Waals surface area contributed by atoms with Gasteiger partial charge in [-0.15, -0.1) is 11.3 Å². The summed E-state index contributed by atoms with van der Waals surface area (Å²) in [7, 11) is -3.53. The van der Waals surface area contributed by atoms with Gasteiger partial charge in [0.05, 0.1) is 23.3 Å². The van der Waals surface area contributed by atoms with E-state index < -0.39 is 34.2 Å². The topological polar surface area (TPSA) is 141 Å². The molecule has 1 fully saturated rings. The Kier molecular flexibility index (Phi) is 9.83.